The second-order valence-corrected chi connectivity index (χ2v) is 5.53. The van der Waals surface area contributed by atoms with Crippen molar-refractivity contribution in [3.63, 3.8) is 0 Å². The van der Waals surface area contributed by atoms with E-state index in [-0.39, 0.29) is 0 Å². The minimum atomic E-state index is 0.545. The molecule has 0 saturated carbocycles. The average Bonchev–Trinajstić information content (AvgIpc) is 3.00. The number of aryl methyl sites for hydroxylation is 1. The smallest absolute Gasteiger partial charge is 0.163 e. The highest BCUT2D eigenvalue weighted by Crippen LogP contribution is 2.30. The summed E-state index contributed by atoms with van der Waals surface area (Å²) in [6.45, 7) is 8.67. The Labute approximate surface area is 129 Å². The van der Waals surface area contributed by atoms with E-state index in [0.717, 1.165) is 30.2 Å². The number of hydrogen-bond donors (Lipinski definition) is 0. The van der Waals surface area contributed by atoms with Crippen molar-refractivity contribution in [3.8, 4) is 24.3 Å². The largest absolute Gasteiger partial charge is 0.493 e. The molecule has 3 heteroatoms. The van der Waals surface area contributed by atoms with Gasteiger partial charge in [-0.25, -0.2) is 0 Å². The van der Waals surface area contributed by atoms with Gasteiger partial charge in [-0.3, -0.25) is 0 Å². The molecule has 3 nitrogen and oxygen atoms in total. The zero-order valence-corrected chi connectivity index (χ0v) is 13.5. The molecule has 0 N–H and O–H groups in total. The summed E-state index contributed by atoms with van der Waals surface area (Å²) >= 11 is 0. The molecule has 0 aliphatic carbocycles. The van der Waals surface area contributed by atoms with E-state index in [4.69, 9.17) is 9.47 Å². The Bertz CT molecular complexity index is 436. The standard InChI is InChI=1S/C16H25NO2.C2H2/c1-13(11-17-9-4-5-10-17)12-19-15-8-6-7-14(2)16(15)18-3;1-2/h6-8,13H,4-5,9-12H2,1-3H3;1-2H/t13-;/m1./s1. The van der Waals surface area contributed by atoms with Crippen molar-refractivity contribution in [3.05, 3.63) is 23.8 Å². The zero-order valence-electron chi connectivity index (χ0n) is 13.5. The molecule has 0 unspecified atom stereocenters. The number of likely N-dealkylation sites (tertiary alicyclic amines) is 1. The summed E-state index contributed by atoms with van der Waals surface area (Å²) in [5.74, 6) is 2.26. The molecule has 1 fully saturated rings. The summed E-state index contributed by atoms with van der Waals surface area (Å²) in [5, 5.41) is 0. The maximum Gasteiger partial charge on any atom is 0.163 e. The lowest BCUT2D eigenvalue weighted by molar-refractivity contribution is 0.201. The number of ether oxygens (including phenoxy) is 2. The van der Waals surface area contributed by atoms with Gasteiger partial charge in [-0.15, -0.1) is 12.8 Å². The summed E-state index contributed by atoms with van der Waals surface area (Å²) < 4.78 is 11.3. The molecule has 21 heavy (non-hydrogen) atoms. The molecule has 0 radical (unpaired) electrons. The summed E-state index contributed by atoms with van der Waals surface area (Å²) in [7, 11) is 1.70. The van der Waals surface area contributed by atoms with Crippen LogP contribution in [0.2, 0.25) is 0 Å². The topological polar surface area (TPSA) is 21.7 Å². The third kappa shape index (κ3) is 5.32. The van der Waals surface area contributed by atoms with Gasteiger partial charge in [0, 0.05) is 12.5 Å². The molecule has 1 heterocycles. The highest BCUT2D eigenvalue weighted by molar-refractivity contribution is 5.45. The highest BCUT2D eigenvalue weighted by atomic mass is 16.5. The summed E-state index contributed by atoms with van der Waals surface area (Å²) in [4.78, 5) is 2.53. The SMILES string of the molecule is C#C.COc1c(C)cccc1OC[C@H](C)CN1CCCC1. The maximum atomic E-state index is 5.93. The Hall–Kier alpha value is -1.66. The number of nitrogens with zero attached hydrogens (tertiary/aromatic N) is 1. The maximum absolute atomic E-state index is 5.93. The van der Waals surface area contributed by atoms with Crippen LogP contribution < -0.4 is 9.47 Å². The van der Waals surface area contributed by atoms with Crippen molar-refractivity contribution in [1.29, 1.82) is 0 Å². The van der Waals surface area contributed by atoms with Crippen LogP contribution >= 0.6 is 0 Å². The van der Waals surface area contributed by atoms with Gasteiger partial charge in [0.2, 0.25) is 0 Å². The van der Waals surface area contributed by atoms with Crippen LogP contribution in [0.4, 0.5) is 0 Å². The van der Waals surface area contributed by atoms with Gasteiger partial charge in [0.15, 0.2) is 11.5 Å². The predicted molar refractivity (Wildman–Crippen MR) is 88.0 cm³/mol. The molecule has 0 bridgehead atoms. The zero-order chi connectivity index (χ0) is 15.7. The van der Waals surface area contributed by atoms with E-state index >= 15 is 0 Å². The Morgan fingerprint density at radius 2 is 1.90 bits per heavy atom. The van der Waals surface area contributed by atoms with Crippen molar-refractivity contribution in [2.45, 2.75) is 26.7 Å². The Balaban J connectivity index is 0.00000106. The summed E-state index contributed by atoms with van der Waals surface area (Å²) in [6, 6.07) is 6.03. The van der Waals surface area contributed by atoms with Gasteiger partial charge in [0.25, 0.3) is 0 Å². The summed E-state index contributed by atoms with van der Waals surface area (Å²) in [6.07, 6.45) is 10.7. The summed E-state index contributed by atoms with van der Waals surface area (Å²) in [5.41, 5.74) is 1.12. The molecule has 1 saturated heterocycles. The van der Waals surface area contributed by atoms with Gasteiger partial charge < -0.3 is 14.4 Å². The van der Waals surface area contributed by atoms with E-state index < -0.39 is 0 Å². The number of terminal acetylenes is 1. The molecule has 1 aliphatic heterocycles. The van der Waals surface area contributed by atoms with Gasteiger partial charge in [-0.05, 0) is 44.5 Å². The van der Waals surface area contributed by atoms with Crippen molar-refractivity contribution in [2.75, 3.05) is 33.4 Å². The highest BCUT2D eigenvalue weighted by Gasteiger charge is 2.15. The monoisotopic (exact) mass is 289 g/mol. The van der Waals surface area contributed by atoms with Crippen LogP contribution in [0.3, 0.4) is 0 Å². The van der Waals surface area contributed by atoms with Gasteiger partial charge in [0.05, 0.1) is 13.7 Å². The minimum Gasteiger partial charge on any atom is -0.493 e. The average molecular weight is 289 g/mol. The fourth-order valence-corrected chi connectivity index (χ4v) is 2.69. The lowest BCUT2D eigenvalue weighted by Gasteiger charge is -2.21. The van der Waals surface area contributed by atoms with Crippen LogP contribution in [0.15, 0.2) is 18.2 Å². The Morgan fingerprint density at radius 1 is 1.24 bits per heavy atom. The molecule has 0 aromatic heterocycles. The molecule has 1 aromatic carbocycles. The molecule has 1 aliphatic rings. The van der Waals surface area contributed by atoms with Crippen LogP contribution in [-0.4, -0.2) is 38.3 Å². The van der Waals surface area contributed by atoms with Crippen LogP contribution in [0.1, 0.15) is 25.3 Å². The quantitative estimate of drug-likeness (QED) is 0.750. The fraction of sp³-hybridized carbons (Fsp3) is 0.556. The van der Waals surface area contributed by atoms with E-state index in [0.29, 0.717) is 5.92 Å². The lowest BCUT2D eigenvalue weighted by Crippen LogP contribution is -2.28. The molecule has 0 spiro atoms. The molecular weight excluding hydrogens is 262 g/mol. The van der Waals surface area contributed by atoms with Crippen LogP contribution in [0.25, 0.3) is 0 Å². The lowest BCUT2D eigenvalue weighted by atomic mass is 10.2. The van der Waals surface area contributed by atoms with E-state index in [2.05, 4.69) is 24.7 Å². The first-order valence-electron chi connectivity index (χ1n) is 7.53. The number of hydrogen-bond acceptors (Lipinski definition) is 3. The van der Waals surface area contributed by atoms with Crippen molar-refractivity contribution in [2.24, 2.45) is 5.92 Å². The van der Waals surface area contributed by atoms with Gasteiger partial charge in [0.1, 0.15) is 0 Å². The van der Waals surface area contributed by atoms with Gasteiger partial charge in [-0.1, -0.05) is 19.1 Å². The molecule has 0 amide bonds. The van der Waals surface area contributed by atoms with Crippen molar-refractivity contribution in [1.82, 2.24) is 4.90 Å². The van der Waals surface area contributed by atoms with E-state index in [9.17, 15) is 0 Å². The first-order valence-corrected chi connectivity index (χ1v) is 7.53. The first-order chi connectivity index (χ1) is 10.2. The molecule has 2 rings (SSSR count). The number of rotatable bonds is 6. The number of benzene rings is 1. The molecule has 1 aromatic rings. The predicted octanol–water partition coefficient (Wildman–Crippen LogP) is 3.36. The second-order valence-electron chi connectivity index (χ2n) is 5.53. The Kier molecular flexibility index (Phi) is 7.71. The van der Waals surface area contributed by atoms with E-state index in [1.807, 2.05) is 25.1 Å². The third-order valence-corrected chi connectivity index (χ3v) is 3.67. The van der Waals surface area contributed by atoms with Crippen molar-refractivity contribution < 1.29 is 9.47 Å². The van der Waals surface area contributed by atoms with Gasteiger partial charge >= 0.3 is 0 Å². The van der Waals surface area contributed by atoms with Crippen molar-refractivity contribution >= 4 is 0 Å². The van der Waals surface area contributed by atoms with E-state index in [1.54, 1.807) is 7.11 Å². The van der Waals surface area contributed by atoms with E-state index in [1.165, 1.54) is 25.9 Å². The number of para-hydroxylation sites is 1. The number of methoxy groups -OCH3 is 1. The molecule has 116 valence electrons. The van der Waals surface area contributed by atoms with Gasteiger partial charge in [-0.2, -0.15) is 0 Å². The van der Waals surface area contributed by atoms with Crippen LogP contribution in [0.5, 0.6) is 11.5 Å². The third-order valence-electron chi connectivity index (χ3n) is 3.67. The fourth-order valence-electron chi connectivity index (χ4n) is 2.69. The Morgan fingerprint density at radius 3 is 2.52 bits per heavy atom. The first kappa shape index (κ1) is 17.4. The molecule has 1 atom stereocenters. The second kappa shape index (κ2) is 9.31. The minimum absolute atomic E-state index is 0.545. The molecular formula is C18H27NO2. The van der Waals surface area contributed by atoms with Crippen LogP contribution in [-0.2, 0) is 0 Å². The van der Waals surface area contributed by atoms with Crippen LogP contribution in [0, 0.1) is 25.7 Å². The normalized spacial score (nSPS) is 15.9.